The summed E-state index contributed by atoms with van der Waals surface area (Å²) in [7, 11) is 1.62. The Morgan fingerprint density at radius 2 is 2.36 bits per heavy atom. The zero-order valence-corrected chi connectivity index (χ0v) is 9.58. The Kier molecular flexibility index (Phi) is 2.91. The highest BCUT2D eigenvalue weighted by atomic mass is 79.9. The Hall–Kier alpha value is -0.770. The predicted octanol–water partition coefficient (Wildman–Crippen LogP) is 2.64. The molecule has 1 fully saturated rings. The molecule has 0 aliphatic heterocycles. The molecule has 0 radical (unpaired) electrons. The molecule has 1 aromatic heterocycles. The van der Waals surface area contributed by atoms with E-state index in [-0.39, 0.29) is 0 Å². The molecule has 1 aromatic rings. The SMILES string of the molecule is COc1cc(Br)cnc1OCC1CC1. The molecule has 1 aliphatic carbocycles. The second-order valence-electron chi connectivity index (χ2n) is 3.42. The van der Waals surface area contributed by atoms with Crippen molar-refractivity contribution in [3.05, 3.63) is 16.7 Å². The number of rotatable bonds is 4. The Bertz CT molecular complexity index is 326. The molecule has 1 aliphatic rings. The van der Waals surface area contributed by atoms with Crippen LogP contribution in [-0.2, 0) is 0 Å². The first-order valence-corrected chi connectivity index (χ1v) is 5.41. The first-order valence-electron chi connectivity index (χ1n) is 4.62. The van der Waals surface area contributed by atoms with Gasteiger partial charge in [0, 0.05) is 16.7 Å². The molecule has 0 saturated heterocycles. The molecule has 76 valence electrons. The van der Waals surface area contributed by atoms with E-state index in [1.165, 1.54) is 12.8 Å². The van der Waals surface area contributed by atoms with Gasteiger partial charge in [-0.25, -0.2) is 4.98 Å². The molecule has 2 rings (SSSR count). The van der Waals surface area contributed by atoms with E-state index >= 15 is 0 Å². The second-order valence-corrected chi connectivity index (χ2v) is 4.33. The normalized spacial score (nSPS) is 15.3. The summed E-state index contributed by atoms with van der Waals surface area (Å²) in [5.74, 6) is 1.99. The van der Waals surface area contributed by atoms with Crippen molar-refractivity contribution in [2.24, 2.45) is 5.92 Å². The minimum atomic E-state index is 0.586. The van der Waals surface area contributed by atoms with E-state index in [9.17, 15) is 0 Å². The van der Waals surface area contributed by atoms with E-state index in [0.29, 0.717) is 11.6 Å². The lowest BCUT2D eigenvalue weighted by Gasteiger charge is -2.08. The zero-order chi connectivity index (χ0) is 9.97. The molecule has 1 heterocycles. The van der Waals surface area contributed by atoms with Crippen molar-refractivity contribution < 1.29 is 9.47 Å². The van der Waals surface area contributed by atoms with Crippen molar-refractivity contribution in [2.45, 2.75) is 12.8 Å². The number of hydrogen-bond donors (Lipinski definition) is 0. The fourth-order valence-corrected chi connectivity index (χ4v) is 1.45. The van der Waals surface area contributed by atoms with Gasteiger partial charge in [-0.1, -0.05) is 0 Å². The van der Waals surface area contributed by atoms with Gasteiger partial charge in [-0.15, -0.1) is 0 Å². The summed E-state index contributed by atoms with van der Waals surface area (Å²) < 4.78 is 11.6. The van der Waals surface area contributed by atoms with Gasteiger partial charge in [0.1, 0.15) is 0 Å². The van der Waals surface area contributed by atoms with Gasteiger partial charge in [0.25, 0.3) is 5.88 Å². The minimum Gasteiger partial charge on any atom is -0.491 e. The average molecular weight is 258 g/mol. The lowest BCUT2D eigenvalue weighted by Crippen LogP contribution is -2.02. The van der Waals surface area contributed by atoms with Gasteiger partial charge in [-0.3, -0.25) is 0 Å². The maximum atomic E-state index is 5.55. The van der Waals surface area contributed by atoms with E-state index < -0.39 is 0 Å². The molecular weight excluding hydrogens is 246 g/mol. The molecule has 0 amide bonds. The van der Waals surface area contributed by atoms with Crippen LogP contribution < -0.4 is 9.47 Å². The highest BCUT2D eigenvalue weighted by Crippen LogP contribution is 2.32. The monoisotopic (exact) mass is 257 g/mol. The molecule has 0 N–H and O–H groups in total. The summed E-state index contributed by atoms with van der Waals surface area (Å²) in [4.78, 5) is 4.15. The lowest BCUT2D eigenvalue weighted by atomic mass is 10.4. The number of nitrogens with zero attached hydrogens (tertiary/aromatic N) is 1. The van der Waals surface area contributed by atoms with Gasteiger partial charge in [-0.2, -0.15) is 0 Å². The van der Waals surface area contributed by atoms with Crippen molar-refractivity contribution in [1.29, 1.82) is 0 Å². The van der Waals surface area contributed by atoms with E-state index in [4.69, 9.17) is 9.47 Å². The van der Waals surface area contributed by atoms with Crippen LogP contribution in [0.25, 0.3) is 0 Å². The van der Waals surface area contributed by atoms with Gasteiger partial charge >= 0.3 is 0 Å². The predicted molar refractivity (Wildman–Crippen MR) is 56.7 cm³/mol. The first kappa shape index (κ1) is 9.77. The van der Waals surface area contributed by atoms with E-state index in [2.05, 4.69) is 20.9 Å². The fourth-order valence-electron chi connectivity index (χ4n) is 1.14. The number of methoxy groups -OCH3 is 1. The van der Waals surface area contributed by atoms with Crippen molar-refractivity contribution in [3.63, 3.8) is 0 Å². The third kappa shape index (κ3) is 2.38. The van der Waals surface area contributed by atoms with Crippen molar-refractivity contribution in [3.8, 4) is 11.6 Å². The summed E-state index contributed by atoms with van der Waals surface area (Å²) in [6.07, 6.45) is 4.27. The van der Waals surface area contributed by atoms with Crippen molar-refractivity contribution in [1.82, 2.24) is 4.98 Å². The number of aromatic nitrogens is 1. The number of ether oxygens (including phenoxy) is 2. The van der Waals surface area contributed by atoms with E-state index in [0.717, 1.165) is 17.0 Å². The molecule has 0 unspecified atom stereocenters. The quantitative estimate of drug-likeness (QED) is 0.831. The standard InChI is InChI=1S/C10H12BrNO2/c1-13-9-4-8(11)5-12-10(9)14-6-7-2-3-7/h4-5,7H,2-3,6H2,1H3. The van der Waals surface area contributed by atoms with Crippen LogP contribution in [0.4, 0.5) is 0 Å². The molecule has 0 spiro atoms. The number of pyridine rings is 1. The van der Waals surface area contributed by atoms with Gasteiger partial charge in [0.2, 0.25) is 0 Å². The largest absolute Gasteiger partial charge is 0.491 e. The van der Waals surface area contributed by atoms with Crippen LogP contribution in [0, 0.1) is 5.92 Å². The topological polar surface area (TPSA) is 31.4 Å². The van der Waals surface area contributed by atoms with Gasteiger partial charge in [0.15, 0.2) is 5.75 Å². The van der Waals surface area contributed by atoms with Gasteiger partial charge < -0.3 is 9.47 Å². The van der Waals surface area contributed by atoms with Crippen LogP contribution >= 0.6 is 15.9 Å². The summed E-state index contributed by atoms with van der Waals surface area (Å²) in [5, 5.41) is 0. The molecule has 3 nitrogen and oxygen atoms in total. The maximum absolute atomic E-state index is 5.55. The van der Waals surface area contributed by atoms with Crippen LogP contribution in [0.1, 0.15) is 12.8 Å². The first-order chi connectivity index (χ1) is 6.79. The van der Waals surface area contributed by atoms with Crippen LogP contribution in [0.2, 0.25) is 0 Å². The Balaban J connectivity index is 2.05. The Morgan fingerprint density at radius 1 is 1.57 bits per heavy atom. The van der Waals surface area contributed by atoms with Crippen LogP contribution in [-0.4, -0.2) is 18.7 Å². The lowest BCUT2D eigenvalue weighted by molar-refractivity contribution is 0.269. The Labute approximate surface area is 91.6 Å². The summed E-state index contributed by atoms with van der Waals surface area (Å²) >= 11 is 3.33. The van der Waals surface area contributed by atoms with E-state index in [1.807, 2.05) is 6.07 Å². The van der Waals surface area contributed by atoms with Crippen LogP contribution in [0.3, 0.4) is 0 Å². The molecule has 14 heavy (non-hydrogen) atoms. The zero-order valence-electron chi connectivity index (χ0n) is 8.00. The third-order valence-electron chi connectivity index (χ3n) is 2.16. The summed E-state index contributed by atoms with van der Waals surface area (Å²) in [6.45, 7) is 0.755. The van der Waals surface area contributed by atoms with Gasteiger partial charge in [0.05, 0.1) is 13.7 Å². The smallest absolute Gasteiger partial charge is 0.257 e. The van der Waals surface area contributed by atoms with Crippen molar-refractivity contribution >= 4 is 15.9 Å². The summed E-state index contributed by atoms with van der Waals surface area (Å²) in [6, 6.07) is 1.86. The molecule has 0 aromatic carbocycles. The molecule has 4 heteroatoms. The third-order valence-corrected chi connectivity index (χ3v) is 2.59. The molecular formula is C10H12BrNO2. The fraction of sp³-hybridized carbons (Fsp3) is 0.500. The Morgan fingerprint density at radius 3 is 3.00 bits per heavy atom. The minimum absolute atomic E-state index is 0.586. The van der Waals surface area contributed by atoms with Gasteiger partial charge in [-0.05, 0) is 34.7 Å². The molecule has 0 atom stereocenters. The molecule has 0 bridgehead atoms. The van der Waals surface area contributed by atoms with Crippen LogP contribution in [0.15, 0.2) is 16.7 Å². The van der Waals surface area contributed by atoms with Crippen LogP contribution in [0.5, 0.6) is 11.6 Å². The second kappa shape index (κ2) is 4.17. The number of hydrogen-bond acceptors (Lipinski definition) is 3. The van der Waals surface area contributed by atoms with Crippen molar-refractivity contribution in [2.75, 3.05) is 13.7 Å². The number of halogens is 1. The average Bonchev–Trinajstić information content (AvgIpc) is 2.99. The highest BCUT2D eigenvalue weighted by molar-refractivity contribution is 9.10. The summed E-state index contributed by atoms with van der Waals surface area (Å²) in [5.41, 5.74) is 0. The molecule has 1 saturated carbocycles. The maximum Gasteiger partial charge on any atom is 0.257 e. The van der Waals surface area contributed by atoms with E-state index in [1.54, 1.807) is 13.3 Å². The highest BCUT2D eigenvalue weighted by Gasteiger charge is 2.22.